The van der Waals surface area contributed by atoms with Crippen LogP contribution >= 0.6 is 12.2 Å². The zero-order valence-corrected chi connectivity index (χ0v) is 17.2. The van der Waals surface area contributed by atoms with Crippen LogP contribution in [-0.4, -0.2) is 28.4 Å². The number of allylic oxidation sites excluding steroid dienone is 1. The van der Waals surface area contributed by atoms with Gasteiger partial charge in [0.2, 0.25) is 5.91 Å². The van der Waals surface area contributed by atoms with Crippen LogP contribution in [0.25, 0.3) is 10.9 Å². The summed E-state index contributed by atoms with van der Waals surface area (Å²) in [6.07, 6.45) is 1.54. The third-order valence-corrected chi connectivity index (χ3v) is 4.94. The Hall–Kier alpha value is -3.66. The Balaban J connectivity index is 1.98. The quantitative estimate of drug-likeness (QED) is 0.402. The van der Waals surface area contributed by atoms with E-state index in [1.54, 1.807) is 0 Å². The molecule has 0 saturated heterocycles. The highest BCUT2D eigenvalue weighted by Gasteiger charge is 2.24. The Kier molecular flexibility index (Phi) is 6.40. The number of carbonyl (C=O) groups is 2. The van der Waals surface area contributed by atoms with Crippen LogP contribution < -0.4 is 16.2 Å². The van der Waals surface area contributed by atoms with Gasteiger partial charge in [-0.25, -0.2) is 8.78 Å². The molecule has 0 bridgehead atoms. The molecule has 1 aromatic heterocycles. The average Bonchev–Trinajstić information content (AvgIpc) is 2.75. The second-order valence-electron chi connectivity index (χ2n) is 6.59. The van der Waals surface area contributed by atoms with Gasteiger partial charge in [-0.05, 0) is 48.1 Å². The van der Waals surface area contributed by atoms with Gasteiger partial charge in [-0.15, -0.1) is 6.58 Å². The van der Waals surface area contributed by atoms with Crippen molar-refractivity contribution < 1.29 is 18.4 Å². The number of aromatic nitrogens is 2. The lowest BCUT2D eigenvalue weighted by atomic mass is 10.0. The minimum absolute atomic E-state index is 0.0686. The molecule has 1 heterocycles. The predicted molar refractivity (Wildman–Crippen MR) is 114 cm³/mol. The Labute approximate surface area is 180 Å². The SMILES string of the molecule is C=CCn1c(=S)[nH]c2cc(C(=O)NC(C(=O)NC)c3ccc(F)c(F)c3)ccc2c1=O. The van der Waals surface area contributed by atoms with Crippen molar-refractivity contribution in [2.75, 3.05) is 7.05 Å². The number of carbonyl (C=O) groups excluding carboxylic acids is 2. The first-order valence-corrected chi connectivity index (χ1v) is 9.52. The topological polar surface area (TPSA) is 96.0 Å². The Bertz CT molecular complexity index is 1320. The van der Waals surface area contributed by atoms with Crippen molar-refractivity contribution in [1.29, 1.82) is 0 Å². The largest absolute Gasteiger partial charge is 0.357 e. The van der Waals surface area contributed by atoms with Crippen LogP contribution in [-0.2, 0) is 11.3 Å². The van der Waals surface area contributed by atoms with Gasteiger partial charge in [-0.1, -0.05) is 12.1 Å². The Morgan fingerprint density at radius 3 is 2.61 bits per heavy atom. The molecule has 0 saturated carbocycles. The summed E-state index contributed by atoms with van der Waals surface area (Å²) < 4.78 is 28.4. The number of likely N-dealkylation sites (N-methyl/N-ethyl adjacent to an activating group) is 1. The van der Waals surface area contributed by atoms with Crippen molar-refractivity contribution in [2.45, 2.75) is 12.6 Å². The standard InChI is InChI=1S/C21H18F2N4O3S/c1-3-8-27-20(30)13-6-4-12(10-16(13)25-21(27)31)18(28)26-17(19(29)24-2)11-5-7-14(22)15(23)9-11/h3-7,9-10,17H,1,8H2,2H3,(H,24,29)(H,25,31)(H,26,28). The number of halogens is 2. The van der Waals surface area contributed by atoms with Crippen LogP contribution in [0.2, 0.25) is 0 Å². The summed E-state index contributed by atoms with van der Waals surface area (Å²) in [5.41, 5.74) is 0.206. The number of hydrogen-bond donors (Lipinski definition) is 3. The van der Waals surface area contributed by atoms with Crippen molar-refractivity contribution in [2.24, 2.45) is 0 Å². The van der Waals surface area contributed by atoms with Gasteiger partial charge in [0, 0.05) is 19.2 Å². The van der Waals surface area contributed by atoms with Gasteiger partial charge in [-0.3, -0.25) is 19.0 Å². The van der Waals surface area contributed by atoms with E-state index in [2.05, 4.69) is 22.2 Å². The van der Waals surface area contributed by atoms with Gasteiger partial charge in [0.25, 0.3) is 11.5 Å². The maximum Gasteiger partial charge on any atom is 0.262 e. The Morgan fingerprint density at radius 2 is 1.97 bits per heavy atom. The first-order valence-electron chi connectivity index (χ1n) is 9.12. The molecule has 0 spiro atoms. The van der Waals surface area contributed by atoms with Gasteiger partial charge in [0.05, 0.1) is 10.9 Å². The highest BCUT2D eigenvalue weighted by molar-refractivity contribution is 7.71. The van der Waals surface area contributed by atoms with E-state index in [1.807, 2.05) is 0 Å². The summed E-state index contributed by atoms with van der Waals surface area (Å²) >= 11 is 5.19. The molecule has 0 aliphatic carbocycles. The van der Waals surface area contributed by atoms with E-state index in [1.165, 1.54) is 42.0 Å². The summed E-state index contributed by atoms with van der Waals surface area (Å²) in [4.78, 5) is 40.5. The molecule has 2 amide bonds. The number of benzene rings is 2. The molecule has 1 atom stereocenters. The number of aromatic amines is 1. The molecule has 3 aromatic rings. The van der Waals surface area contributed by atoms with Gasteiger partial charge in [-0.2, -0.15) is 0 Å². The molecular formula is C21H18F2N4O3S. The monoisotopic (exact) mass is 444 g/mol. The molecule has 31 heavy (non-hydrogen) atoms. The fourth-order valence-corrected chi connectivity index (χ4v) is 3.31. The molecule has 3 rings (SSSR count). The third kappa shape index (κ3) is 4.43. The summed E-state index contributed by atoms with van der Waals surface area (Å²) in [6, 6.07) is 5.96. The fourth-order valence-electron chi connectivity index (χ4n) is 3.04. The summed E-state index contributed by atoms with van der Waals surface area (Å²) in [5, 5.41) is 5.19. The van der Waals surface area contributed by atoms with E-state index in [9.17, 15) is 23.2 Å². The minimum atomic E-state index is -1.26. The maximum absolute atomic E-state index is 13.6. The summed E-state index contributed by atoms with van der Waals surface area (Å²) in [5.74, 6) is -3.49. The van der Waals surface area contributed by atoms with Crippen LogP contribution in [0.1, 0.15) is 22.0 Å². The molecule has 0 aliphatic rings. The Morgan fingerprint density at radius 1 is 1.23 bits per heavy atom. The third-order valence-electron chi connectivity index (χ3n) is 4.62. The first-order chi connectivity index (χ1) is 14.8. The van der Waals surface area contributed by atoms with Crippen molar-refractivity contribution in [1.82, 2.24) is 20.2 Å². The summed E-state index contributed by atoms with van der Waals surface area (Å²) in [6.45, 7) is 3.82. The molecular weight excluding hydrogens is 426 g/mol. The molecule has 2 aromatic carbocycles. The van der Waals surface area contributed by atoms with Crippen molar-refractivity contribution in [3.63, 3.8) is 0 Å². The van der Waals surface area contributed by atoms with Crippen LogP contribution in [0.15, 0.2) is 53.8 Å². The fraction of sp³-hybridized carbons (Fsp3) is 0.143. The van der Waals surface area contributed by atoms with Crippen molar-refractivity contribution in [3.05, 3.63) is 86.9 Å². The minimum Gasteiger partial charge on any atom is -0.357 e. The van der Waals surface area contributed by atoms with Crippen LogP contribution in [0.5, 0.6) is 0 Å². The average molecular weight is 444 g/mol. The van der Waals surface area contributed by atoms with E-state index in [0.29, 0.717) is 10.9 Å². The normalized spacial score (nSPS) is 11.7. The van der Waals surface area contributed by atoms with Crippen LogP contribution in [0.4, 0.5) is 8.78 Å². The zero-order chi connectivity index (χ0) is 22.7. The van der Waals surface area contributed by atoms with E-state index in [0.717, 1.165) is 12.1 Å². The van der Waals surface area contributed by atoms with Gasteiger partial charge >= 0.3 is 0 Å². The highest BCUT2D eigenvalue weighted by atomic mass is 32.1. The van der Waals surface area contributed by atoms with Crippen LogP contribution in [0.3, 0.4) is 0 Å². The zero-order valence-electron chi connectivity index (χ0n) is 16.4. The van der Waals surface area contributed by atoms with E-state index >= 15 is 0 Å². The number of H-pyrrole nitrogens is 1. The number of amides is 2. The highest BCUT2D eigenvalue weighted by Crippen LogP contribution is 2.18. The number of rotatable bonds is 6. The first kappa shape index (κ1) is 22.0. The number of fused-ring (bicyclic) bond motifs is 1. The number of hydrogen-bond acceptors (Lipinski definition) is 4. The molecule has 1 unspecified atom stereocenters. The lowest BCUT2D eigenvalue weighted by Crippen LogP contribution is -2.39. The number of nitrogens with one attached hydrogen (secondary N) is 3. The van der Waals surface area contributed by atoms with Crippen molar-refractivity contribution in [3.8, 4) is 0 Å². The molecule has 10 heteroatoms. The summed E-state index contributed by atoms with van der Waals surface area (Å²) in [7, 11) is 1.35. The molecule has 160 valence electrons. The molecule has 0 fully saturated rings. The second kappa shape index (κ2) is 9.00. The predicted octanol–water partition coefficient (Wildman–Crippen LogP) is 2.74. The number of nitrogens with zero attached hydrogens (tertiary/aromatic N) is 1. The lowest BCUT2D eigenvalue weighted by Gasteiger charge is -2.18. The van der Waals surface area contributed by atoms with Crippen molar-refractivity contribution >= 4 is 34.9 Å². The van der Waals surface area contributed by atoms with E-state index in [-0.39, 0.29) is 28.0 Å². The van der Waals surface area contributed by atoms with Gasteiger partial charge in [0.1, 0.15) is 6.04 Å². The molecule has 0 radical (unpaired) electrons. The molecule has 3 N–H and O–H groups in total. The maximum atomic E-state index is 13.6. The van der Waals surface area contributed by atoms with Gasteiger partial charge in [0.15, 0.2) is 16.4 Å². The molecule has 7 nitrogen and oxygen atoms in total. The van der Waals surface area contributed by atoms with Crippen LogP contribution in [0, 0.1) is 16.4 Å². The lowest BCUT2D eigenvalue weighted by molar-refractivity contribution is -0.122. The smallest absolute Gasteiger partial charge is 0.262 e. The van der Waals surface area contributed by atoms with E-state index in [4.69, 9.17) is 12.2 Å². The second-order valence-corrected chi connectivity index (χ2v) is 6.98. The van der Waals surface area contributed by atoms with Gasteiger partial charge < -0.3 is 15.6 Å². The van der Waals surface area contributed by atoms with E-state index < -0.39 is 29.5 Å². The molecule has 0 aliphatic heterocycles.